The lowest BCUT2D eigenvalue weighted by Crippen LogP contribution is -2.44. The monoisotopic (exact) mass is 146 g/mol. The summed E-state index contributed by atoms with van der Waals surface area (Å²) in [5.41, 5.74) is -0.229. The summed E-state index contributed by atoms with van der Waals surface area (Å²) < 4.78 is 10.3. The van der Waals surface area contributed by atoms with Crippen LogP contribution in [-0.4, -0.2) is 30.7 Å². The molecule has 0 spiro atoms. The molecule has 0 amide bonds. The lowest BCUT2D eigenvalue weighted by atomic mass is 9.92. The molecule has 3 nitrogen and oxygen atoms in total. The molecule has 1 N–H and O–H groups in total. The molecule has 1 unspecified atom stereocenters. The van der Waals surface area contributed by atoms with Crippen LogP contribution >= 0.6 is 0 Å². The molecule has 1 rings (SSSR count). The summed E-state index contributed by atoms with van der Waals surface area (Å²) in [6, 6.07) is 0. The van der Waals surface area contributed by atoms with Gasteiger partial charge in [0, 0.05) is 5.92 Å². The zero-order valence-electron chi connectivity index (χ0n) is 6.46. The van der Waals surface area contributed by atoms with Crippen LogP contribution in [0, 0.1) is 5.92 Å². The first-order valence-corrected chi connectivity index (χ1v) is 3.49. The smallest absolute Gasteiger partial charge is 0.147 e. The molecule has 60 valence electrons. The number of rotatable bonds is 1. The van der Waals surface area contributed by atoms with Crippen molar-refractivity contribution in [1.29, 1.82) is 0 Å². The van der Waals surface area contributed by atoms with Crippen LogP contribution in [0.5, 0.6) is 0 Å². The Morgan fingerprint density at radius 2 is 2.30 bits per heavy atom. The van der Waals surface area contributed by atoms with E-state index in [-0.39, 0.29) is 18.1 Å². The van der Waals surface area contributed by atoms with Crippen molar-refractivity contribution in [3.63, 3.8) is 0 Å². The van der Waals surface area contributed by atoms with Crippen LogP contribution < -0.4 is 0 Å². The van der Waals surface area contributed by atoms with E-state index in [2.05, 4.69) is 0 Å². The second-order valence-corrected chi connectivity index (χ2v) is 3.12. The lowest BCUT2D eigenvalue weighted by molar-refractivity contribution is -0.217. The fourth-order valence-electron chi connectivity index (χ4n) is 0.975. The number of hydrogen-bond acceptors (Lipinski definition) is 3. The van der Waals surface area contributed by atoms with Crippen LogP contribution in [0.3, 0.4) is 0 Å². The van der Waals surface area contributed by atoms with Gasteiger partial charge in [-0.25, -0.2) is 0 Å². The predicted molar refractivity (Wildman–Crippen MR) is 36.6 cm³/mol. The van der Waals surface area contributed by atoms with Crippen LogP contribution in [-0.2, 0) is 9.47 Å². The molecule has 10 heavy (non-hydrogen) atoms. The Bertz CT molecular complexity index is 111. The summed E-state index contributed by atoms with van der Waals surface area (Å²) in [6.07, 6.45) is 0. The second kappa shape index (κ2) is 2.86. The normalized spacial score (nSPS) is 32.1. The topological polar surface area (TPSA) is 38.7 Å². The maximum atomic E-state index is 8.87. The SMILES string of the molecule is CC1(C)OCOCC1CO. The second-order valence-electron chi connectivity index (χ2n) is 3.12. The largest absolute Gasteiger partial charge is 0.396 e. The number of ether oxygens (including phenoxy) is 2. The number of hydrogen-bond donors (Lipinski definition) is 1. The highest BCUT2D eigenvalue weighted by Crippen LogP contribution is 2.24. The summed E-state index contributed by atoms with van der Waals surface area (Å²) in [5, 5.41) is 8.87. The van der Waals surface area contributed by atoms with Gasteiger partial charge in [0.05, 0.1) is 18.8 Å². The molecule has 1 saturated heterocycles. The molecule has 1 fully saturated rings. The van der Waals surface area contributed by atoms with Crippen LogP contribution in [0.4, 0.5) is 0 Å². The Hall–Kier alpha value is -0.120. The van der Waals surface area contributed by atoms with E-state index in [0.717, 1.165) is 0 Å². The molecule has 1 atom stereocenters. The summed E-state index contributed by atoms with van der Waals surface area (Å²) in [4.78, 5) is 0. The molecule has 0 bridgehead atoms. The maximum absolute atomic E-state index is 8.87. The van der Waals surface area contributed by atoms with Gasteiger partial charge in [-0.15, -0.1) is 0 Å². The minimum absolute atomic E-state index is 0.112. The van der Waals surface area contributed by atoms with Crippen molar-refractivity contribution in [3.05, 3.63) is 0 Å². The summed E-state index contributed by atoms with van der Waals surface area (Å²) >= 11 is 0. The van der Waals surface area contributed by atoms with Gasteiger partial charge >= 0.3 is 0 Å². The van der Waals surface area contributed by atoms with Crippen molar-refractivity contribution >= 4 is 0 Å². The van der Waals surface area contributed by atoms with Gasteiger partial charge in [0.1, 0.15) is 6.79 Å². The van der Waals surface area contributed by atoms with Gasteiger partial charge in [-0.1, -0.05) is 0 Å². The standard InChI is InChI=1S/C7H14O3/c1-7(2)6(3-8)4-9-5-10-7/h6,8H,3-5H2,1-2H3. The van der Waals surface area contributed by atoms with Gasteiger partial charge in [0.2, 0.25) is 0 Å². The highest BCUT2D eigenvalue weighted by molar-refractivity contribution is 4.80. The number of aliphatic hydroxyl groups excluding tert-OH is 1. The van der Waals surface area contributed by atoms with Gasteiger partial charge in [-0.05, 0) is 13.8 Å². The van der Waals surface area contributed by atoms with E-state index in [4.69, 9.17) is 14.6 Å². The minimum atomic E-state index is -0.229. The van der Waals surface area contributed by atoms with E-state index in [1.807, 2.05) is 13.8 Å². The van der Waals surface area contributed by atoms with Gasteiger partial charge < -0.3 is 14.6 Å². The Morgan fingerprint density at radius 3 is 2.70 bits per heavy atom. The van der Waals surface area contributed by atoms with Crippen molar-refractivity contribution in [1.82, 2.24) is 0 Å². The van der Waals surface area contributed by atoms with Crippen molar-refractivity contribution in [2.75, 3.05) is 20.0 Å². The van der Waals surface area contributed by atoms with Gasteiger partial charge in [0.25, 0.3) is 0 Å². The quantitative estimate of drug-likeness (QED) is 0.581. The Kier molecular flexibility index (Phi) is 2.28. The average molecular weight is 146 g/mol. The zero-order valence-corrected chi connectivity index (χ0v) is 6.46. The van der Waals surface area contributed by atoms with E-state index >= 15 is 0 Å². The molecule has 1 heterocycles. The molecule has 0 saturated carbocycles. The highest BCUT2D eigenvalue weighted by Gasteiger charge is 2.33. The van der Waals surface area contributed by atoms with Crippen LogP contribution in [0.1, 0.15) is 13.8 Å². The van der Waals surface area contributed by atoms with E-state index in [9.17, 15) is 0 Å². The molecule has 0 aromatic rings. The molecule has 1 aliphatic heterocycles. The third kappa shape index (κ3) is 1.48. The van der Waals surface area contributed by atoms with Crippen LogP contribution in [0.25, 0.3) is 0 Å². The molecular formula is C7H14O3. The van der Waals surface area contributed by atoms with Gasteiger partial charge in [0.15, 0.2) is 0 Å². The molecule has 1 aliphatic rings. The average Bonchev–Trinajstić information content (AvgIpc) is 1.87. The Balaban J connectivity index is 2.51. The first kappa shape index (κ1) is 7.98. The number of aliphatic hydroxyl groups is 1. The summed E-state index contributed by atoms with van der Waals surface area (Å²) in [5.74, 6) is 0.112. The molecule has 0 radical (unpaired) electrons. The fraction of sp³-hybridized carbons (Fsp3) is 1.00. The predicted octanol–water partition coefficient (Wildman–Crippen LogP) is 0.378. The maximum Gasteiger partial charge on any atom is 0.147 e. The van der Waals surface area contributed by atoms with Crippen molar-refractivity contribution < 1.29 is 14.6 Å². The minimum Gasteiger partial charge on any atom is -0.396 e. The lowest BCUT2D eigenvalue weighted by Gasteiger charge is -2.37. The van der Waals surface area contributed by atoms with Gasteiger partial charge in [-0.2, -0.15) is 0 Å². The highest BCUT2D eigenvalue weighted by atomic mass is 16.7. The van der Waals surface area contributed by atoms with Crippen molar-refractivity contribution in [3.8, 4) is 0 Å². The third-order valence-electron chi connectivity index (χ3n) is 2.04. The van der Waals surface area contributed by atoms with E-state index in [1.54, 1.807) is 0 Å². The van der Waals surface area contributed by atoms with E-state index in [1.165, 1.54) is 0 Å². The molecule has 0 aromatic carbocycles. The van der Waals surface area contributed by atoms with Gasteiger partial charge in [-0.3, -0.25) is 0 Å². The molecular weight excluding hydrogens is 132 g/mol. The zero-order chi connectivity index (χ0) is 7.61. The third-order valence-corrected chi connectivity index (χ3v) is 2.04. The van der Waals surface area contributed by atoms with E-state index < -0.39 is 0 Å². The van der Waals surface area contributed by atoms with Crippen molar-refractivity contribution in [2.45, 2.75) is 19.4 Å². The van der Waals surface area contributed by atoms with Crippen LogP contribution in [0.15, 0.2) is 0 Å². The first-order chi connectivity index (χ1) is 4.67. The van der Waals surface area contributed by atoms with Crippen LogP contribution in [0.2, 0.25) is 0 Å². The van der Waals surface area contributed by atoms with E-state index in [0.29, 0.717) is 13.4 Å². The fourth-order valence-corrected chi connectivity index (χ4v) is 0.975. The molecule has 0 aromatic heterocycles. The summed E-state index contributed by atoms with van der Waals surface area (Å²) in [7, 11) is 0. The van der Waals surface area contributed by atoms with Crippen molar-refractivity contribution in [2.24, 2.45) is 5.92 Å². The Morgan fingerprint density at radius 1 is 1.60 bits per heavy atom. The molecule has 3 heteroatoms. The summed E-state index contributed by atoms with van der Waals surface area (Å²) in [6.45, 7) is 5.02. The first-order valence-electron chi connectivity index (χ1n) is 3.49. The molecule has 0 aliphatic carbocycles. The Labute approximate surface area is 60.9 Å².